The van der Waals surface area contributed by atoms with Crippen LogP contribution in [0.3, 0.4) is 0 Å². The summed E-state index contributed by atoms with van der Waals surface area (Å²) in [6, 6.07) is 6.44. The average molecular weight is 237 g/mol. The molecular formula is C12H12FNOS. The van der Waals surface area contributed by atoms with Gasteiger partial charge >= 0.3 is 0 Å². The molecule has 1 aromatic carbocycles. The van der Waals surface area contributed by atoms with E-state index < -0.39 is 5.82 Å². The van der Waals surface area contributed by atoms with E-state index in [-0.39, 0.29) is 11.8 Å². The minimum Gasteiger partial charge on any atom is -0.505 e. The van der Waals surface area contributed by atoms with E-state index in [4.69, 9.17) is 5.11 Å². The molecule has 0 radical (unpaired) electrons. The van der Waals surface area contributed by atoms with Crippen LogP contribution in [-0.2, 0) is 0 Å². The first-order valence-electron chi connectivity index (χ1n) is 4.94. The number of phenols is 1. The van der Waals surface area contributed by atoms with Crippen LogP contribution >= 0.6 is 11.3 Å². The molecule has 84 valence electrons. The summed E-state index contributed by atoms with van der Waals surface area (Å²) in [4.78, 5) is 0. The molecule has 0 fully saturated rings. The standard InChI is InChI=1S/C12H12FNOS/c1-8(9-4-5-16-7-9)14-10-2-3-12(15)11(13)6-10/h2-8,14-15H,1H3. The van der Waals surface area contributed by atoms with Crippen molar-refractivity contribution in [2.24, 2.45) is 0 Å². The van der Waals surface area contributed by atoms with Crippen molar-refractivity contribution in [3.8, 4) is 5.75 Å². The molecule has 0 aliphatic heterocycles. The Bertz CT molecular complexity index is 470. The van der Waals surface area contributed by atoms with Crippen molar-refractivity contribution >= 4 is 17.0 Å². The molecule has 1 unspecified atom stereocenters. The van der Waals surface area contributed by atoms with Gasteiger partial charge in [0.15, 0.2) is 11.6 Å². The maximum absolute atomic E-state index is 13.1. The van der Waals surface area contributed by atoms with Gasteiger partial charge in [0.05, 0.1) is 0 Å². The maximum atomic E-state index is 13.1. The molecule has 16 heavy (non-hydrogen) atoms. The number of aromatic hydroxyl groups is 1. The third kappa shape index (κ3) is 2.33. The fourth-order valence-electron chi connectivity index (χ4n) is 1.45. The van der Waals surface area contributed by atoms with Crippen molar-refractivity contribution in [2.75, 3.05) is 5.32 Å². The van der Waals surface area contributed by atoms with Crippen LogP contribution in [0.25, 0.3) is 0 Å². The highest BCUT2D eigenvalue weighted by Crippen LogP contribution is 2.24. The van der Waals surface area contributed by atoms with E-state index in [0.717, 1.165) is 0 Å². The Kier molecular flexibility index (Phi) is 3.10. The van der Waals surface area contributed by atoms with E-state index >= 15 is 0 Å². The Morgan fingerprint density at radius 3 is 2.81 bits per heavy atom. The van der Waals surface area contributed by atoms with Gasteiger partial charge in [0, 0.05) is 17.8 Å². The lowest BCUT2D eigenvalue weighted by Gasteiger charge is -2.14. The molecule has 0 aliphatic carbocycles. The number of halogens is 1. The number of nitrogens with one attached hydrogen (secondary N) is 1. The summed E-state index contributed by atoms with van der Waals surface area (Å²) in [7, 11) is 0. The molecule has 0 saturated carbocycles. The minimum atomic E-state index is -0.609. The molecule has 0 aliphatic rings. The van der Waals surface area contributed by atoms with Crippen LogP contribution in [0.4, 0.5) is 10.1 Å². The lowest BCUT2D eigenvalue weighted by molar-refractivity contribution is 0.432. The zero-order valence-electron chi connectivity index (χ0n) is 8.77. The molecule has 4 heteroatoms. The van der Waals surface area contributed by atoms with Gasteiger partial charge < -0.3 is 10.4 Å². The lowest BCUT2D eigenvalue weighted by atomic mass is 10.1. The van der Waals surface area contributed by atoms with Crippen LogP contribution in [0, 0.1) is 5.82 Å². The third-order valence-corrected chi connectivity index (χ3v) is 3.08. The normalized spacial score (nSPS) is 12.4. The maximum Gasteiger partial charge on any atom is 0.166 e. The van der Waals surface area contributed by atoms with E-state index in [1.165, 1.54) is 17.7 Å². The first kappa shape index (κ1) is 11.0. The molecule has 0 amide bonds. The summed E-state index contributed by atoms with van der Waals surface area (Å²) in [6.07, 6.45) is 0. The number of anilines is 1. The van der Waals surface area contributed by atoms with Crippen LogP contribution in [0.2, 0.25) is 0 Å². The highest BCUT2D eigenvalue weighted by molar-refractivity contribution is 7.07. The molecule has 0 spiro atoms. The van der Waals surface area contributed by atoms with Gasteiger partial charge in [-0.15, -0.1) is 0 Å². The summed E-state index contributed by atoms with van der Waals surface area (Å²) < 4.78 is 13.1. The first-order valence-corrected chi connectivity index (χ1v) is 5.88. The average Bonchev–Trinajstić information content (AvgIpc) is 2.77. The topological polar surface area (TPSA) is 32.3 Å². The van der Waals surface area contributed by atoms with Crippen molar-refractivity contribution in [1.29, 1.82) is 0 Å². The number of benzene rings is 1. The van der Waals surface area contributed by atoms with E-state index in [1.54, 1.807) is 17.4 Å². The van der Waals surface area contributed by atoms with E-state index in [0.29, 0.717) is 5.69 Å². The SMILES string of the molecule is CC(Nc1ccc(O)c(F)c1)c1ccsc1. The van der Waals surface area contributed by atoms with Crippen LogP contribution in [0.5, 0.6) is 5.75 Å². The largest absolute Gasteiger partial charge is 0.505 e. The summed E-state index contributed by atoms with van der Waals surface area (Å²) in [5.74, 6) is -0.934. The van der Waals surface area contributed by atoms with Crippen molar-refractivity contribution < 1.29 is 9.50 Å². The summed E-state index contributed by atoms with van der Waals surface area (Å²) in [6.45, 7) is 2.01. The van der Waals surface area contributed by atoms with Gasteiger partial charge in [-0.05, 0) is 41.4 Å². The molecule has 1 aromatic heterocycles. The quantitative estimate of drug-likeness (QED) is 0.796. The van der Waals surface area contributed by atoms with Gasteiger partial charge in [0.1, 0.15) is 0 Å². The molecule has 2 aromatic rings. The summed E-state index contributed by atoms with van der Waals surface area (Å²) >= 11 is 1.63. The Balaban J connectivity index is 2.12. The van der Waals surface area contributed by atoms with Crippen molar-refractivity contribution in [3.05, 3.63) is 46.4 Å². The van der Waals surface area contributed by atoms with Crippen LogP contribution < -0.4 is 5.32 Å². The van der Waals surface area contributed by atoms with Crippen LogP contribution in [0.1, 0.15) is 18.5 Å². The zero-order valence-corrected chi connectivity index (χ0v) is 9.59. The molecule has 0 bridgehead atoms. The second kappa shape index (κ2) is 4.53. The molecule has 1 heterocycles. The van der Waals surface area contributed by atoms with Crippen molar-refractivity contribution in [1.82, 2.24) is 0 Å². The van der Waals surface area contributed by atoms with E-state index in [2.05, 4.69) is 10.7 Å². The highest BCUT2D eigenvalue weighted by atomic mass is 32.1. The molecule has 2 nitrogen and oxygen atoms in total. The molecule has 0 saturated heterocycles. The first-order chi connectivity index (χ1) is 7.66. The fraction of sp³-hybridized carbons (Fsp3) is 0.167. The second-order valence-corrected chi connectivity index (χ2v) is 4.37. The van der Waals surface area contributed by atoms with Gasteiger partial charge in [-0.25, -0.2) is 4.39 Å². The molecular weight excluding hydrogens is 225 g/mol. The van der Waals surface area contributed by atoms with Crippen LogP contribution in [0.15, 0.2) is 35.0 Å². The third-order valence-electron chi connectivity index (χ3n) is 2.37. The zero-order chi connectivity index (χ0) is 11.5. The summed E-state index contributed by atoms with van der Waals surface area (Å²) in [5, 5.41) is 16.3. The van der Waals surface area contributed by atoms with Gasteiger partial charge in [-0.3, -0.25) is 0 Å². The lowest BCUT2D eigenvalue weighted by Crippen LogP contribution is -2.05. The Hall–Kier alpha value is -1.55. The second-order valence-electron chi connectivity index (χ2n) is 3.59. The predicted molar refractivity (Wildman–Crippen MR) is 64.4 cm³/mol. The van der Waals surface area contributed by atoms with Gasteiger partial charge in [-0.2, -0.15) is 11.3 Å². The highest BCUT2D eigenvalue weighted by Gasteiger charge is 2.07. The molecule has 2 N–H and O–H groups in total. The minimum absolute atomic E-state index is 0.121. The Morgan fingerprint density at radius 1 is 1.38 bits per heavy atom. The predicted octanol–water partition coefficient (Wildman–Crippen LogP) is 3.77. The molecule has 2 rings (SSSR count). The number of thiophene rings is 1. The fourth-order valence-corrected chi connectivity index (χ4v) is 2.21. The number of rotatable bonds is 3. The van der Waals surface area contributed by atoms with Gasteiger partial charge in [0.25, 0.3) is 0 Å². The molecule has 1 atom stereocenters. The smallest absolute Gasteiger partial charge is 0.166 e. The number of hydrogen-bond donors (Lipinski definition) is 2. The summed E-state index contributed by atoms with van der Waals surface area (Å²) in [5.41, 5.74) is 1.83. The number of hydrogen-bond acceptors (Lipinski definition) is 3. The van der Waals surface area contributed by atoms with Crippen molar-refractivity contribution in [2.45, 2.75) is 13.0 Å². The van der Waals surface area contributed by atoms with Crippen molar-refractivity contribution in [3.63, 3.8) is 0 Å². The van der Waals surface area contributed by atoms with Gasteiger partial charge in [0.2, 0.25) is 0 Å². The van der Waals surface area contributed by atoms with Gasteiger partial charge in [-0.1, -0.05) is 0 Å². The van der Waals surface area contributed by atoms with Crippen LogP contribution in [-0.4, -0.2) is 5.11 Å². The Labute approximate surface area is 97.4 Å². The monoisotopic (exact) mass is 237 g/mol. The Morgan fingerprint density at radius 2 is 2.19 bits per heavy atom. The van der Waals surface area contributed by atoms with E-state index in [9.17, 15) is 4.39 Å². The number of phenolic OH excluding ortho intramolecular Hbond substituents is 1. The van der Waals surface area contributed by atoms with E-state index in [1.807, 2.05) is 18.4 Å².